The fourth-order valence-corrected chi connectivity index (χ4v) is 1.52. The molecular formula is C11H21NO3. The van der Waals surface area contributed by atoms with Crippen LogP contribution in [0.4, 0.5) is 0 Å². The number of ether oxygens (including phenoxy) is 1. The van der Waals surface area contributed by atoms with E-state index in [4.69, 9.17) is 9.57 Å². The molecule has 0 aromatic heterocycles. The molecule has 0 fully saturated rings. The quantitative estimate of drug-likeness (QED) is 0.426. The fraction of sp³-hybridized carbons (Fsp3) is 0.818. The minimum Gasteiger partial charge on any atom is -0.389 e. The molecule has 1 aliphatic rings. The van der Waals surface area contributed by atoms with Gasteiger partial charge in [0.05, 0.1) is 12.2 Å². The minimum atomic E-state index is -0.306. The molecule has 88 valence electrons. The van der Waals surface area contributed by atoms with E-state index < -0.39 is 0 Å². The van der Waals surface area contributed by atoms with Gasteiger partial charge in [-0.2, -0.15) is 5.06 Å². The summed E-state index contributed by atoms with van der Waals surface area (Å²) in [6, 6.07) is 0. The van der Waals surface area contributed by atoms with Crippen molar-refractivity contribution >= 4 is 0 Å². The average molecular weight is 215 g/mol. The smallest absolute Gasteiger partial charge is 0.177 e. The Labute approximate surface area is 91.4 Å². The van der Waals surface area contributed by atoms with E-state index in [2.05, 4.69) is 0 Å². The zero-order chi connectivity index (χ0) is 11.3. The molecule has 0 bridgehead atoms. The summed E-state index contributed by atoms with van der Waals surface area (Å²) in [6.45, 7) is 2.02. The molecule has 0 amide bonds. The highest BCUT2D eigenvalue weighted by molar-refractivity contribution is 4.99. The Morgan fingerprint density at radius 3 is 2.60 bits per heavy atom. The third-order valence-electron chi connectivity index (χ3n) is 2.28. The predicted octanol–water partition coefficient (Wildman–Crippen LogP) is 1.31. The summed E-state index contributed by atoms with van der Waals surface area (Å²) in [6.07, 6.45) is 5.69. The number of hydrogen-bond acceptors (Lipinski definition) is 4. The van der Waals surface area contributed by atoms with Crippen LogP contribution in [0, 0.1) is 0 Å². The summed E-state index contributed by atoms with van der Waals surface area (Å²) in [5, 5.41) is 10.9. The summed E-state index contributed by atoms with van der Waals surface area (Å²) in [7, 11) is 3.68. The molecule has 4 heteroatoms. The molecule has 15 heavy (non-hydrogen) atoms. The number of aliphatic hydroxyl groups is 1. The minimum absolute atomic E-state index is 0.0679. The molecule has 1 aliphatic carbocycles. The molecule has 0 saturated heterocycles. The fourth-order valence-electron chi connectivity index (χ4n) is 1.52. The number of rotatable bonds is 5. The molecule has 0 heterocycles. The van der Waals surface area contributed by atoms with Gasteiger partial charge < -0.3 is 9.84 Å². The van der Waals surface area contributed by atoms with Crippen LogP contribution in [0.3, 0.4) is 0 Å². The van der Waals surface area contributed by atoms with E-state index in [1.54, 1.807) is 11.1 Å². The SMILES string of the molecule is CCC(OC1C=CC(O)CC1)ON(C)C. The molecule has 0 radical (unpaired) electrons. The van der Waals surface area contributed by atoms with Gasteiger partial charge in [0.15, 0.2) is 6.29 Å². The Bertz CT molecular complexity index is 206. The lowest BCUT2D eigenvalue weighted by atomic mass is 10.0. The molecule has 0 spiro atoms. The van der Waals surface area contributed by atoms with Gasteiger partial charge in [0.2, 0.25) is 0 Å². The molecular weight excluding hydrogens is 194 g/mol. The first-order chi connectivity index (χ1) is 7.11. The molecule has 0 aliphatic heterocycles. The summed E-state index contributed by atoms with van der Waals surface area (Å²) in [4.78, 5) is 5.44. The summed E-state index contributed by atoms with van der Waals surface area (Å²) in [5.74, 6) is 0. The molecule has 1 N–H and O–H groups in total. The normalized spacial score (nSPS) is 28.3. The third kappa shape index (κ3) is 4.75. The van der Waals surface area contributed by atoms with Gasteiger partial charge in [0, 0.05) is 14.1 Å². The topological polar surface area (TPSA) is 41.9 Å². The van der Waals surface area contributed by atoms with Gasteiger partial charge in [0.1, 0.15) is 0 Å². The second-order valence-electron chi connectivity index (χ2n) is 3.96. The lowest BCUT2D eigenvalue weighted by Gasteiger charge is -2.26. The van der Waals surface area contributed by atoms with Crippen molar-refractivity contribution < 1.29 is 14.7 Å². The monoisotopic (exact) mass is 215 g/mol. The number of hydroxylamine groups is 2. The number of aliphatic hydroxyl groups excluding tert-OH is 1. The molecule has 0 saturated carbocycles. The Morgan fingerprint density at radius 1 is 1.40 bits per heavy atom. The van der Waals surface area contributed by atoms with Crippen LogP contribution in [0.15, 0.2) is 12.2 Å². The van der Waals surface area contributed by atoms with Crippen LogP contribution in [0.25, 0.3) is 0 Å². The molecule has 0 aromatic carbocycles. The second kappa shape index (κ2) is 6.23. The van der Waals surface area contributed by atoms with E-state index in [1.165, 1.54) is 0 Å². The molecule has 3 atom stereocenters. The van der Waals surface area contributed by atoms with Crippen LogP contribution in [-0.2, 0) is 9.57 Å². The van der Waals surface area contributed by atoms with Gasteiger partial charge in [-0.25, -0.2) is 0 Å². The van der Waals surface area contributed by atoms with Gasteiger partial charge >= 0.3 is 0 Å². The summed E-state index contributed by atoms with van der Waals surface area (Å²) in [5.41, 5.74) is 0. The Balaban J connectivity index is 2.35. The van der Waals surface area contributed by atoms with E-state index >= 15 is 0 Å². The van der Waals surface area contributed by atoms with Crippen LogP contribution in [0.1, 0.15) is 26.2 Å². The van der Waals surface area contributed by atoms with E-state index in [1.807, 2.05) is 27.1 Å². The highest BCUT2D eigenvalue weighted by atomic mass is 16.8. The van der Waals surface area contributed by atoms with Crippen LogP contribution in [0.5, 0.6) is 0 Å². The van der Waals surface area contributed by atoms with E-state index in [9.17, 15) is 5.11 Å². The van der Waals surface area contributed by atoms with E-state index in [0.29, 0.717) is 0 Å². The molecule has 1 rings (SSSR count). The van der Waals surface area contributed by atoms with Gasteiger partial charge in [-0.05, 0) is 19.3 Å². The van der Waals surface area contributed by atoms with E-state index in [-0.39, 0.29) is 18.5 Å². The lowest BCUT2D eigenvalue weighted by molar-refractivity contribution is -0.270. The molecule has 4 nitrogen and oxygen atoms in total. The Hall–Kier alpha value is -0.420. The lowest BCUT2D eigenvalue weighted by Crippen LogP contribution is -2.30. The molecule has 3 unspecified atom stereocenters. The maximum absolute atomic E-state index is 9.28. The Morgan fingerprint density at radius 2 is 2.13 bits per heavy atom. The first-order valence-electron chi connectivity index (χ1n) is 5.47. The van der Waals surface area contributed by atoms with Crippen molar-refractivity contribution in [2.24, 2.45) is 0 Å². The zero-order valence-corrected chi connectivity index (χ0v) is 9.72. The zero-order valence-electron chi connectivity index (χ0n) is 9.72. The van der Waals surface area contributed by atoms with Crippen molar-refractivity contribution in [2.45, 2.75) is 44.7 Å². The number of hydrogen-bond donors (Lipinski definition) is 1. The molecule has 0 aromatic rings. The summed E-state index contributed by atoms with van der Waals surface area (Å²) < 4.78 is 5.74. The standard InChI is InChI=1S/C11H21NO3/c1-4-11(15-12(2)3)14-10-7-5-9(13)6-8-10/h5,7,9-11,13H,4,6,8H2,1-3H3. The van der Waals surface area contributed by atoms with Crippen molar-refractivity contribution in [1.82, 2.24) is 5.06 Å². The highest BCUT2D eigenvalue weighted by Crippen LogP contribution is 2.17. The third-order valence-corrected chi connectivity index (χ3v) is 2.28. The highest BCUT2D eigenvalue weighted by Gasteiger charge is 2.18. The average Bonchev–Trinajstić information content (AvgIpc) is 2.19. The predicted molar refractivity (Wildman–Crippen MR) is 58.1 cm³/mol. The maximum atomic E-state index is 9.28. The second-order valence-corrected chi connectivity index (χ2v) is 3.96. The number of nitrogens with zero attached hydrogens (tertiary/aromatic N) is 1. The van der Waals surface area contributed by atoms with E-state index in [0.717, 1.165) is 19.3 Å². The van der Waals surface area contributed by atoms with Crippen LogP contribution < -0.4 is 0 Å². The first-order valence-corrected chi connectivity index (χ1v) is 5.47. The Kier molecular flexibility index (Phi) is 5.25. The maximum Gasteiger partial charge on any atom is 0.177 e. The van der Waals surface area contributed by atoms with Gasteiger partial charge in [-0.1, -0.05) is 19.1 Å². The van der Waals surface area contributed by atoms with Crippen molar-refractivity contribution in [3.8, 4) is 0 Å². The van der Waals surface area contributed by atoms with Crippen molar-refractivity contribution in [1.29, 1.82) is 0 Å². The van der Waals surface area contributed by atoms with Crippen molar-refractivity contribution in [3.05, 3.63) is 12.2 Å². The summed E-state index contributed by atoms with van der Waals surface area (Å²) >= 11 is 0. The van der Waals surface area contributed by atoms with Gasteiger partial charge in [0.25, 0.3) is 0 Å². The van der Waals surface area contributed by atoms with Crippen molar-refractivity contribution in [2.75, 3.05) is 14.1 Å². The van der Waals surface area contributed by atoms with Gasteiger partial charge in [-0.15, -0.1) is 0 Å². The van der Waals surface area contributed by atoms with Crippen LogP contribution in [0.2, 0.25) is 0 Å². The largest absolute Gasteiger partial charge is 0.389 e. The van der Waals surface area contributed by atoms with Gasteiger partial charge in [-0.3, -0.25) is 4.84 Å². The van der Waals surface area contributed by atoms with Crippen LogP contribution >= 0.6 is 0 Å². The van der Waals surface area contributed by atoms with Crippen LogP contribution in [-0.4, -0.2) is 42.8 Å². The van der Waals surface area contributed by atoms with Crippen molar-refractivity contribution in [3.63, 3.8) is 0 Å². The first kappa shape index (κ1) is 12.6.